The van der Waals surface area contributed by atoms with E-state index in [0.717, 1.165) is 5.56 Å². The molecule has 108 valence electrons. The Morgan fingerprint density at radius 2 is 1.86 bits per heavy atom. The molecule has 21 heavy (non-hydrogen) atoms. The summed E-state index contributed by atoms with van der Waals surface area (Å²) in [6.45, 7) is 5.31. The number of aryl methyl sites for hydroxylation is 2. The first-order chi connectivity index (χ1) is 9.90. The number of benzene rings is 1. The minimum absolute atomic E-state index is 0.188. The topological polar surface area (TPSA) is 79.3 Å². The summed E-state index contributed by atoms with van der Waals surface area (Å²) in [5.41, 5.74) is 3.24. The minimum atomic E-state index is -1.01. The predicted molar refractivity (Wildman–Crippen MR) is 79.8 cm³/mol. The van der Waals surface area contributed by atoms with Crippen molar-refractivity contribution in [1.29, 1.82) is 0 Å². The lowest BCUT2D eigenvalue weighted by Gasteiger charge is -2.11. The third-order valence-electron chi connectivity index (χ3n) is 3.41. The van der Waals surface area contributed by atoms with E-state index in [2.05, 4.69) is 10.3 Å². The van der Waals surface area contributed by atoms with Gasteiger partial charge in [0.2, 0.25) is 0 Å². The number of aromatic nitrogens is 1. The van der Waals surface area contributed by atoms with Crippen molar-refractivity contribution in [3.63, 3.8) is 0 Å². The third kappa shape index (κ3) is 3.08. The third-order valence-corrected chi connectivity index (χ3v) is 3.41. The van der Waals surface area contributed by atoms with Crippen molar-refractivity contribution in [2.24, 2.45) is 0 Å². The van der Waals surface area contributed by atoms with Crippen LogP contribution in [-0.2, 0) is 0 Å². The molecule has 5 heteroatoms. The lowest BCUT2D eigenvalue weighted by molar-refractivity contribution is 0.0695. The zero-order valence-corrected chi connectivity index (χ0v) is 12.1. The molecule has 0 aliphatic heterocycles. The molecule has 2 N–H and O–H groups in total. The summed E-state index contributed by atoms with van der Waals surface area (Å²) in [7, 11) is 0. The fraction of sp³-hybridized carbons (Fsp3) is 0.188. The van der Waals surface area contributed by atoms with E-state index in [0.29, 0.717) is 22.5 Å². The summed E-state index contributed by atoms with van der Waals surface area (Å²) in [6.07, 6.45) is 1.62. The van der Waals surface area contributed by atoms with Crippen LogP contribution >= 0.6 is 0 Å². The first-order valence-corrected chi connectivity index (χ1v) is 6.47. The van der Waals surface area contributed by atoms with Crippen molar-refractivity contribution in [2.45, 2.75) is 20.8 Å². The maximum atomic E-state index is 12.2. The van der Waals surface area contributed by atoms with Crippen LogP contribution in [0.5, 0.6) is 0 Å². The Morgan fingerprint density at radius 3 is 2.48 bits per heavy atom. The molecule has 0 unspecified atom stereocenters. The van der Waals surface area contributed by atoms with Gasteiger partial charge in [-0.05, 0) is 56.2 Å². The van der Waals surface area contributed by atoms with Crippen molar-refractivity contribution in [2.75, 3.05) is 5.32 Å². The van der Waals surface area contributed by atoms with Gasteiger partial charge in [0.05, 0.1) is 11.1 Å². The zero-order valence-electron chi connectivity index (χ0n) is 12.1. The second-order valence-corrected chi connectivity index (χ2v) is 4.86. The number of nitrogens with zero attached hydrogens (tertiary/aromatic N) is 1. The van der Waals surface area contributed by atoms with Crippen LogP contribution < -0.4 is 5.32 Å². The van der Waals surface area contributed by atoms with Gasteiger partial charge in [0, 0.05) is 17.6 Å². The number of pyridine rings is 1. The lowest BCUT2D eigenvalue weighted by Crippen LogP contribution is -2.15. The summed E-state index contributed by atoms with van der Waals surface area (Å²) in [5, 5.41) is 11.9. The molecule has 2 aromatic rings. The molecule has 0 atom stereocenters. The van der Waals surface area contributed by atoms with E-state index >= 15 is 0 Å². The highest BCUT2D eigenvalue weighted by molar-refractivity contribution is 6.05. The molecule has 0 fully saturated rings. The number of carboxylic acids is 1. The molecule has 2 rings (SSSR count). The second-order valence-electron chi connectivity index (χ2n) is 4.86. The van der Waals surface area contributed by atoms with Crippen LogP contribution in [0.3, 0.4) is 0 Å². The van der Waals surface area contributed by atoms with Crippen molar-refractivity contribution in [3.05, 3.63) is 58.4 Å². The molecular formula is C16H16N2O3. The van der Waals surface area contributed by atoms with Gasteiger partial charge in [-0.2, -0.15) is 0 Å². The summed E-state index contributed by atoms with van der Waals surface area (Å²) >= 11 is 0. The highest BCUT2D eigenvalue weighted by Gasteiger charge is 2.14. The van der Waals surface area contributed by atoms with Gasteiger partial charge in [-0.1, -0.05) is 0 Å². The van der Waals surface area contributed by atoms with Gasteiger partial charge in [-0.15, -0.1) is 0 Å². The highest BCUT2D eigenvalue weighted by atomic mass is 16.4. The molecule has 1 heterocycles. The molecule has 1 aromatic heterocycles. The van der Waals surface area contributed by atoms with Crippen molar-refractivity contribution < 1.29 is 14.7 Å². The number of carbonyl (C=O) groups excluding carboxylic acids is 1. The summed E-state index contributed by atoms with van der Waals surface area (Å²) in [6, 6.07) is 6.58. The van der Waals surface area contributed by atoms with E-state index in [1.54, 1.807) is 38.2 Å². The fourth-order valence-electron chi connectivity index (χ4n) is 2.08. The van der Waals surface area contributed by atoms with Crippen LogP contribution in [0.25, 0.3) is 0 Å². The van der Waals surface area contributed by atoms with Crippen LogP contribution in [0.1, 0.15) is 37.5 Å². The molecule has 1 aromatic carbocycles. The molecular weight excluding hydrogens is 268 g/mol. The summed E-state index contributed by atoms with van der Waals surface area (Å²) in [5.74, 6) is -1.32. The van der Waals surface area contributed by atoms with Gasteiger partial charge in [0.25, 0.3) is 5.91 Å². The Bertz CT molecular complexity index is 723. The number of nitrogens with one attached hydrogen (secondary N) is 1. The van der Waals surface area contributed by atoms with Gasteiger partial charge in [0.1, 0.15) is 0 Å². The fourth-order valence-corrected chi connectivity index (χ4v) is 2.08. The molecule has 0 saturated carbocycles. The maximum absolute atomic E-state index is 12.2. The van der Waals surface area contributed by atoms with Gasteiger partial charge in [-0.3, -0.25) is 9.78 Å². The average molecular weight is 284 g/mol. The predicted octanol–water partition coefficient (Wildman–Crippen LogP) is 2.96. The van der Waals surface area contributed by atoms with Gasteiger partial charge < -0.3 is 10.4 Å². The zero-order chi connectivity index (χ0) is 15.6. The van der Waals surface area contributed by atoms with Crippen LogP contribution in [0.4, 0.5) is 5.69 Å². The van der Waals surface area contributed by atoms with Crippen molar-refractivity contribution in [1.82, 2.24) is 4.98 Å². The number of aromatic carboxylic acids is 1. The Kier molecular flexibility index (Phi) is 4.03. The number of hydrogen-bond acceptors (Lipinski definition) is 3. The van der Waals surface area contributed by atoms with E-state index < -0.39 is 5.97 Å². The average Bonchev–Trinajstić information content (AvgIpc) is 2.42. The van der Waals surface area contributed by atoms with Gasteiger partial charge in [-0.25, -0.2) is 4.79 Å². The maximum Gasteiger partial charge on any atom is 0.336 e. The normalized spacial score (nSPS) is 10.2. The largest absolute Gasteiger partial charge is 0.478 e. The number of carboxylic acid groups (broad SMARTS) is 1. The number of anilines is 1. The molecule has 0 bridgehead atoms. The molecule has 0 saturated heterocycles. The van der Waals surface area contributed by atoms with E-state index in [9.17, 15) is 14.7 Å². The molecule has 0 radical (unpaired) electrons. The lowest BCUT2D eigenvalue weighted by atomic mass is 10.0. The van der Waals surface area contributed by atoms with E-state index in [1.165, 1.54) is 6.07 Å². The summed E-state index contributed by atoms with van der Waals surface area (Å²) < 4.78 is 0. The van der Waals surface area contributed by atoms with Crippen LogP contribution in [0.2, 0.25) is 0 Å². The monoisotopic (exact) mass is 284 g/mol. The Labute approximate surface area is 122 Å². The van der Waals surface area contributed by atoms with Gasteiger partial charge >= 0.3 is 5.97 Å². The van der Waals surface area contributed by atoms with Crippen molar-refractivity contribution in [3.8, 4) is 0 Å². The van der Waals surface area contributed by atoms with Crippen LogP contribution in [-0.4, -0.2) is 22.0 Å². The standard InChI is InChI=1S/C16H16N2O3/c1-9-7-12(8-14(10(9)2)16(20)21)18-15(19)13-5-4-6-17-11(13)3/h4-8H,1-3H3,(H,18,19)(H,20,21). The van der Waals surface area contributed by atoms with E-state index in [1.807, 2.05) is 6.92 Å². The van der Waals surface area contributed by atoms with Gasteiger partial charge in [0.15, 0.2) is 0 Å². The van der Waals surface area contributed by atoms with Crippen molar-refractivity contribution >= 4 is 17.6 Å². The Balaban J connectivity index is 2.34. The number of rotatable bonds is 3. The molecule has 5 nitrogen and oxygen atoms in total. The molecule has 0 aliphatic carbocycles. The Morgan fingerprint density at radius 1 is 1.14 bits per heavy atom. The first kappa shape index (κ1) is 14.7. The van der Waals surface area contributed by atoms with Crippen LogP contribution in [0, 0.1) is 20.8 Å². The molecule has 0 spiro atoms. The summed E-state index contributed by atoms with van der Waals surface area (Å²) in [4.78, 5) is 27.5. The second kappa shape index (κ2) is 5.75. The quantitative estimate of drug-likeness (QED) is 0.908. The van der Waals surface area contributed by atoms with E-state index in [-0.39, 0.29) is 11.5 Å². The highest BCUT2D eigenvalue weighted by Crippen LogP contribution is 2.21. The van der Waals surface area contributed by atoms with E-state index in [4.69, 9.17) is 0 Å². The Hall–Kier alpha value is -2.69. The SMILES string of the molecule is Cc1cc(NC(=O)c2cccnc2C)cc(C(=O)O)c1C. The molecule has 1 amide bonds. The number of carbonyl (C=O) groups is 2. The number of amides is 1. The first-order valence-electron chi connectivity index (χ1n) is 6.47. The van der Waals surface area contributed by atoms with Crippen LogP contribution in [0.15, 0.2) is 30.5 Å². The number of hydrogen-bond donors (Lipinski definition) is 2. The smallest absolute Gasteiger partial charge is 0.336 e. The minimum Gasteiger partial charge on any atom is -0.478 e. The molecule has 0 aliphatic rings.